The monoisotopic (exact) mass is 364 g/mol. The predicted molar refractivity (Wildman–Crippen MR) is 101 cm³/mol. The Hall–Kier alpha value is -4.42. The number of aldehydes is 4. The predicted octanol–water partition coefficient (Wildman–Crippen LogP) is 3.58. The standard InChI is InChI=1S/C22H8N2O4/c23-5-11-1-13-17(7-25)18(8-26)15-3-12(6-24)4-16-20(10-28)19(9-27)14(2-11)21(13)22(15)16/h1-4,7-10H. The molecule has 0 radical (unpaired) electrons. The first-order valence-electron chi connectivity index (χ1n) is 8.10. The second kappa shape index (κ2) is 6.08. The number of hydrogen-bond donors (Lipinski definition) is 0. The third-order valence-corrected chi connectivity index (χ3v) is 5.00. The SMILES string of the molecule is N#Cc1cc2c(C=O)c(C=O)c3cc(C#N)cc4c(C=O)c(C=O)c(c1)c2c34. The summed E-state index contributed by atoms with van der Waals surface area (Å²) in [5.41, 5.74) is 0.633. The summed E-state index contributed by atoms with van der Waals surface area (Å²) in [5.74, 6) is 0. The number of nitrogens with zero attached hydrogens (tertiary/aromatic N) is 2. The number of nitriles is 2. The van der Waals surface area contributed by atoms with Crippen molar-refractivity contribution in [1.82, 2.24) is 0 Å². The third kappa shape index (κ3) is 2.00. The fourth-order valence-electron chi connectivity index (χ4n) is 3.89. The van der Waals surface area contributed by atoms with E-state index in [1.54, 1.807) is 0 Å². The molecule has 130 valence electrons. The first kappa shape index (κ1) is 17.0. The van der Waals surface area contributed by atoms with Crippen LogP contribution in [0.3, 0.4) is 0 Å². The summed E-state index contributed by atoms with van der Waals surface area (Å²) in [5, 5.41) is 21.1. The molecule has 0 aliphatic heterocycles. The Bertz CT molecular complexity index is 1250. The molecule has 0 aromatic heterocycles. The molecule has 6 heteroatoms. The number of carbonyl (C=O) groups is 4. The van der Waals surface area contributed by atoms with Crippen LogP contribution >= 0.6 is 0 Å². The molecule has 0 fully saturated rings. The van der Waals surface area contributed by atoms with Gasteiger partial charge in [0.25, 0.3) is 0 Å². The summed E-state index contributed by atoms with van der Waals surface area (Å²) in [7, 11) is 0. The minimum absolute atomic E-state index is 0.0664. The second-order valence-electron chi connectivity index (χ2n) is 6.24. The van der Waals surface area contributed by atoms with Gasteiger partial charge in [0.1, 0.15) is 0 Å². The van der Waals surface area contributed by atoms with Gasteiger partial charge in [-0.05, 0) is 56.6 Å². The molecule has 6 nitrogen and oxygen atoms in total. The maximum atomic E-state index is 11.8. The molecule has 0 bridgehead atoms. The molecule has 0 atom stereocenters. The van der Waals surface area contributed by atoms with Crippen LogP contribution in [-0.2, 0) is 0 Å². The first-order chi connectivity index (χ1) is 13.6. The smallest absolute Gasteiger partial charge is 0.151 e. The molecule has 4 aromatic carbocycles. The maximum absolute atomic E-state index is 11.8. The quantitative estimate of drug-likeness (QED) is 0.404. The van der Waals surface area contributed by atoms with E-state index in [4.69, 9.17) is 0 Å². The van der Waals surface area contributed by atoms with Gasteiger partial charge >= 0.3 is 0 Å². The van der Waals surface area contributed by atoms with Crippen molar-refractivity contribution in [3.05, 3.63) is 57.6 Å². The average Bonchev–Trinajstić information content (AvgIpc) is 2.74. The zero-order chi connectivity index (χ0) is 20.0. The van der Waals surface area contributed by atoms with Gasteiger partial charge in [0.15, 0.2) is 25.1 Å². The Balaban J connectivity index is 2.55. The van der Waals surface area contributed by atoms with E-state index >= 15 is 0 Å². The minimum atomic E-state index is 0.0664. The highest BCUT2D eigenvalue weighted by molar-refractivity contribution is 6.34. The van der Waals surface area contributed by atoms with Gasteiger partial charge in [-0.3, -0.25) is 19.2 Å². The zero-order valence-corrected chi connectivity index (χ0v) is 14.1. The fraction of sp³-hybridized carbons (Fsp3) is 0. The Labute approximate surface area is 157 Å². The Morgan fingerprint density at radius 2 is 0.786 bits per heavy atom. The lowest BCUT2D eigenvalue weighted by molar-refractivity contribution is 0.109. The minimum Gasteiger partial charge on any atom is -0.298 e. The number of benzene rings is 4. The third-order valence-electron chi connectivity index (χ3n) is 5.00. The van der Waals surface area contributed by atoms with Crippen molar-refractivity contribution in [2.45, 2.75) is 0 Å². The molecule has 0 saturated heterocycles. The van der Waals surface area contributed by atoms with Crippen molar-refractivity contribution in [1.29, 1.82) is 10.5 Å². The van der Waals surface area contributed by atoms with E-state index in [9.17, 15) is 29.7 Å². The lowest BCUT2D eigenvalue weighted by Gasteiger charge is -2.18. The molecule has 0 spiro atoms. The molecule has 0 unspecified atom stereocenters. The van der Waals surface area contributed by atoms with E-state index < -0.39 is 0 Å². The van der Waals surface area contributed by atoms with Gasteiger partial charge in [0, 0.05) is 22.3 Å². The van der Waals surface area contributed by atoms with E-state index in [1.165, 1.54) is 24.3 Å². The van der Waals surface area contributed by atoms with Gasteiger partial charge in [0.2, 0.25) is 0 Å². The highest BCUT2D eigenvalue weighted by atomic mass is 16.1. The lowest BCUT2D eigenvalue weighted by Crippen LogP contribution is -2.03. The van der Waals surface area contributed by atoms with Crippen LogP contribution in [0.4, 0.5) is 0 Å². The molecule has 0 aliphatic carbocycles. The number of rotatable bonds is 4. The van der Waals surface area contributed by atoms with Gasteiger partial charge in [-0.1, -0.05) is 0 Å². The van der Waals surface area contributed by atoms with Crippen LogP contribution in [0.1, 0.15) is 52.6 Å². The summed E-state index contributed by atoms with van der Waals surface area (Å²) < 4.78 is 0. The molecule has 0 amide bonds. The second-order valence-corrected chi connectivity index (χ2v) is 6.24. The summed E-state index contributed by atoms with van der Waals surface area (Å²) in [6.45, 7) is 0. The van der Waals surface area contributed by atoms with E-state index in [0.29, 0.717) is 57.5 Å². The molecule has 0 N–H and O–H groups in total. The van der Waals surface area contributed by atoms with Crippen molar-refractivity contribution in [2.75, 3.05) is 0 Å². The Kier molecular flexibility index (Phi) is 3.70. The van der Waals surface area contributed by atoms with Crippen molar-refractivity contribution in [2.24, 2.45) is 0 Å². The molecule has 0 aliphatic rings. The van der Waals surface area contributed by atoms with Gasteiger partial charge in [-0.15, -0.1) is 0 Å². The van der Waals surface area contributed by atoms with Crippen molar-refractivity contribution in [3.8, 4) is 12.1 Å². The Morgan fingerprint density at radius 1 is 0.536 bits per heavy atom. The molecule has 0 heterocycles. The van der Waals surface area contributed by atoms with Crippen LogP contribution in [0.15, 0.2) is 24.3 Å². The fourth-order valence-corrected chi connectivity index (χ4v) is 3.89. The summed E-state index contributed by atoms with van der Waals surface area (Å²) in [6, 6.07) is 9.86. The summed E-state index contributed by atoms with van der Waals surface area (Å²) in [4.78, 5) is 47.4. The van der Waals surface area contributed by atoms with Gasteiger partial charge < -0.3 is 0 Å². The molecule has 4 aromatic rings. The van der Waals surface area contributed by atoms with Crippen molar-refractivity contribution in [3.63, 3.8) is 0 Å². The van der Waals surface area contributed by atoms with Gasteiger partial charge in [-0.25, -0.2) is 0 Å². The summed E-state index contributed by atoms with van der Waals surface area (Å²) >= 11 is 0. The van der Waals surface area contributed by atoms with Crippen LogP contribution in [0.5, 0.6) is 0 Å². The first-order valence-corrected chi connectivity index (χ1v) is 8.10. The van der Waals surface area contributed by atoms with Crippen LogP contribution in [0.25, 0.3) is 32.3 Å². The van der Waals surface area contributed by atoms with E-state index in [2.05, 4.69) is 0 Å². The molecule has 0 saturated carbocycles. The van der Waals surface area contributed by atoms with Crippen LogP contribution in [0, 0.1) is 22.7 Å². The number of hydrogen-bond acceptors (Lipinski definition) is 6. The average molecular weight is 364 g/mol. The van der Waals surface area contributed by atoms with Gasteiger partial charge in [-0.2, -0.15) is 10.5 Å². The lowest BCUT2D eigenvalue weighted by atomic mass is 9.82. The highest BCUT2D eigenvalue weighted by Crippen LogP contribution is 2.42. The molecule has 28 heavy (non-hydrogen) atoms. The van der Waals surface area contributed by atoms with E-state index in [1.807, 2.05) is 12.1 Å². The van der Waals surface area contributed by atoms with Crippen LogP contribution < -0.4 is 0 Å². The number of carbonyl (C=O) groups excluding carboxylic acids is 4. The summed E-state index contributed by atoms with van der Waals surface area (Å²) in [6.07, 6.45) is 2.06. The van der Waals surface area contributed by atoms with Crippen LogP contribution in [0.2, 0.25) is 0 Å². The zero-order valence-electron chi connectivity index (χ0n) is 14.1. The Morgan fingerprint density at radius 3 is 0.964 bits per heavy atom. The van der Waals surface area contributed by atoms with Gasteiger partial charge in [0.05, 0.1) is 23.3 Å². The molecular formula is C22H8N2O4. The normalized spacial score (nSPS) is 10.6. The van der Waals surface area contributed by atoms with Crippen molar-refractivity contribution >= 4 is 57.5 Å². The molecule has 4 rings (SSSR count). The topological polar surface area (TPSA) is 116 Å². The molecular weight excluding hydrogens is 356 g/mol. The maximum Gasteiger partial charge on any atom is 0.151 e. The van der Waals surface area contributed by atoms with E-state index in [-0.39, 0.29) is 33.4 Å². The largest absolute Gasteiger partial charge is 0.298 e. The highest BCUT2D eigenvalue weighted by Gasteiger charge is 2.23. The van der Waals surface area contributed by atoms with E-state index in [0.717, 1.165) is 0 Å². The van der Waals surface area contributed by atoms with Crippen LogP contribution in [-0.4, -0.2) is 25.1 Å². The van der Waals surface area contributed by atoms with Crippen molar-refractivity contribution < 1.29 is 19.2 Å².